The number of carboxylic acid groups (broad SMARTS) is 1. The lowest BCUT2D eigenvalue weighted by Gasteiger charge is -2.01. The summed E-state index contributed by atoms with van der Waals surface area (Å²) in [7, 11) is 0. The van der Waals surface area contributed by atoms with Crippen LogP contribution in [0, 0.1) is 6.92 Å². The molecule has 1 N–H and O–H groups in total. The number of thiophene rings is 1. The van der Waals surface area contributed by atoms with Crippen LogP contribution in [0.3, 0.4) is 0 Å². The molecule has 0 saturated heterocycles. The van der Waals surface area contributed by atoms with Gasteiger partial charge in [-0.15, -0.1) is 11.3 Å². The summed E-state index contributed by atoms with van der Waals surface area (Å²) >= 11 is 1.64. The van der Waals surface area contributed by atoms with E-state index in [9.17, 15) is 4.79 Å². The Morgan fingerprint density at radius 3 is 2.86 bits per heavy atom. The number of hydrogen-bond donors (Lipinski definition) is 1. The standard InChI is InChI=1S/C10H11NO2S/c1-3-11-7-4-6(2)14-9(7)5-8(11)10(12)13/h4-5H,3H2,1-2H3,(H,12,13). The zero-order valence-corrected chi connectivity index (χ0v) is 8.89. The molecule has 0 aliphatic heterocycles. The number of nitrogens with zero attached hydrogens (tertiary/aromatic N) is 1. The molecule has 3 nitrogen and oxygen atoms in total. The van der Waals surface area contributed by atoms with Crippen LogP contribution in [-0.2, 0) is 6.54 Å². The van der Waals surface area contributed by atoms with E-state index in [0.29, 0.717) is 12.2 Å². The first-order valence-electron chi connectivity index (χ1n) is 4.46. The number of carbonyl (C=O) groups is 1. The second kappa shape index (κ2) is 3.13. The molecule has 0 saturated carbocycles. The van der Waals surface area contributed by atoms with Crippen LogP contribution in [0.5, 0.6) is 0 Å². The zero-order valence-electron chi connectivity index (χ0n) is 8.07. The predicted octanol–water partition coefficient (Wildman–Crippen LogP) is 2.73. The molecule has 4 heteroatoms. The van der Waals surface area contributed by atoms with Gasteiger partial charge in [-0.3, -0.25) is 0 Å². The average molecular weight is 209 g/mol. The Bertz CT molecular complexity index is 495. The van der Waals surface area contributed by atoms with Crippen LogP contribution in [0.1, 0.15) is 22.3 Å². The van der Waals surface area contributed by atoms with E-state index >= 15 is 0 Å². The van der Waals surface area contributed by atoms with Crippen molar-refractivity contribution in [2.45, 2.75) is 20.4 Å². The molecule has 14 heavy (non-hydrogen) atoms. The minimum absolute atomic E-state index is 0.383. The van der Waals surface area contributed by atoms with Gasteiger partial charge in [0.15, 0.2) is 0 Å². The Hall–Kier alpha value is -1.29. The van der Waals surface area contributed by atoms with Gasteiger partial charge in [-0.2, -0.15) is 0 Å². The Balaban J connectivity index is 2.74. The monoisotopic (exact) mass is 209 g/mol. The first-order chi connectivity index (χ1) is 6.63. The van der Waals surface area contributed by atoms with Gasteiger partial charge in [-0.1, -0.05) is 0 Å². The van der Waals surface area contributed by atoms with E-state index in [-0.39, 0.29) is 0 Å². The van der Waals surface area contributed by atoms with Gasteiger partial charge < -0.3 is 9.67 Å². The van der Waals surface area contributed by atoms with Gasteiger partial charge in [-0.05, 0) is 26.0 Å². The fraction of sp³-hybridized carbons (Fsp3) is 0.300. The topological polar surface area (TPSA) is 42.2 Å². The van der Waals surface area contributed by atoms with Crippen molar-refractivity contribution >= 4 is 27.5 Å². The summed E-state index contributed by atoms with van der Waals surface area (Å²) in [6, 6.07) is 3.79. The lowest BCUT2D eigenvalue weighted by atomic mass is 10.4. The summed E-state index contributed by atoms with van der Waals surface area (Å²) in [6.45, 7) is 4.69. The van der Waals surface area contributed by atoms with Gasteiger partial charge in [0.05, 0.1) is 10.2 Å². The highest BCUT2D eigenvalue weighted by atomic mass is 32.1. The van der Waals surface area contributed by atoms with E-state index in [4.69, 9.17) is 5.11 Å². The van der Waals surface area contributed by atoms with E-state index in [0.717, 1.165) is 10.2 Å². The largest absolute Gasteiger partial charge is 0.477 e. The van der Waals surface area contributed by atoms with Crippen LogP contribution in [0.25, 0.3) is 10.2 Å². The molecule has 2 aromatic rings. The Morgan fingerprint density at radius 1 is 1.57 bits per heavy atom. The number of aromatic carboxylic acids is 1. The first kappa shape index (κ1) is 9.27. The molecule has 0 aromatic carbocycles. The summed E-state index contributed by atoms with van der Waals surface area (Å²) in [6.07, 6.45) is 0. The summed E-state index contributed by atoms with van der Waals surface area (Å²) in [4.78, 5) is 12.1. The van der Waals surface area contributed by atoms with Gasteiger partial charge >= 0.3 is 5.97 Å². The van der Waals surface area contributed by atoms with E-state index in [1.807, 2.05) is 24.5 Å². The van der Waals surface area contributed by atoms with Crippen molar-refractivity contribution in [2.24, 2.45) is 0 Å². The molecule has 0 unspecified atom stereocenters. The second-order valence-corrected chi connectivity index (χ2v) is 4.47. The van der Waals surface area contributed by atoms with Crippen LogP contribution in [0.15, 0.2) is 12.1 Å². The van der Waals surface area contributed by atoms with E-state index in [1.165, 1.54) is 4.88 Å². The highest BCUT2D eigenvalue weighted by Gasteiger charge is 2.14. The third-order valence-corrected chi connectivity index (χ3v) is 3.23. The van der Waals surface area contributed by atoms with E-state index in [1.54, 1.807) is 17.4 Å². The van der Waals surface area contributed by atoms with Crippen molar-refractivity contribution in [1.29, 1.82) is 0 Å². The minimum Gasteiger partial charge on any atom is -0.477 e. The molecular formula is C10H11NO2S. The summed E-state index contributed by atoms with van der Waals surface area (Å²) in [5, 5.41) is 8.97. The van der Waals surface area contributed by atoms with Crippen molar-refractivity contribution in [3.63, 3.8) is 0 Å². The predicted molar refractivity (Wildman–Crippen MR) is 57.2 cm³/mol. The number of hydrogen-bond acceptors (Lipinski definition) is 2. The normalized spacial score (nSPS) is 11.0. The van der Waals surface area contributed by atoms with Crippen molar-refractivity contribution in [3.8, 4) is 0 Å². The highest BCUT2D eigenvalue weighted by molar-refractivity contribution is 7.19. The average Bonchev–Trinajstić information content (AvgIpc) is 2.59. The van der Waals surface area contributed by atoms with Gasteiger partial charge in [0.25, 0.3) is 0 Å². The van der Waals surface area contributed by atoms with Gasteiger partial charge in [0.1, 0.15) is 5.69 Å². The fourth-order valence-electron chi connectivity index (χ4n) is 1.68. The van der Waals surface area contributed by atoms with Crippen LogP contribution in [-0.4, -0.2) is 15.6 Å². The van der Waals surface area contributed by atoms with Crippen molar-refractivity contribution in [1.82, 2.24) is 4.57 Å². The smallest absolute Gasteiger partial charge is 0.352 e. The van der Waals surface area contributed by atoms with Crippen molar-refractivity contribution in [2.75, 3.05) is 0 Å². The molecule has 74 valence electrons. The number of fused-ring (bicyclic) bond motifs is 1. The van der Waals surface area contributed by atoms with E-state index < -0.39 is 5.97 Å². The lowest BCUT2D eigenvalue weighted by Crippen LogP contribution is -2.06. The minimum atomic E-state index is -0.854. The third-order valence-electron chi connectivity index (χ3n) is 2.25. The molecule has 0 amide bonds. The molecule has 2 aromatic heterocycles. The van der Waals surface area contributed by atoms with Crippen LogP contribution < -0.4 is 0 Å². The quantitative estimate of drug-likeness (QED) is 0.826. The van der Waals surface area contributed by atoms with Gasteiger partial charge in [0.2, 0.25) is 0 Å². The Kier molecular flexibility index (Phi) is 2.07. The third kappa shape index (κ3) is 1.23. The van der Waals surface area contributed by atoms with E-state index in [2.05, 4.69) is 0 Å². The molecular weight excluding hydrogens is 198 g/mol. The van der Waals surface area contributed by atoms with Gasteiger partial charge in [-0.25, -0.2) is 4.79 Å². The number of aryl methyl sites for hydroxylation is 2. The second-order valence-electron chi connectivity index (χ2n) is 3.19. The van der Waals surface area contributed by atoms with Crippen molar-refractivity contribution < 1.29 is 9.90 Å². The van der Waals surface area contributed by atoms with Crippen LogP contribution >= 0.6 is 11.3 Å². The number of rotatable bonds is 2. The Morgan fingerprint density at radius 2 is 2.29 bits per heavy atom. The van der Waals surface area contributed by atoms with Crippen LogP contribution in [0.4, 0.5) is 0 Å². The SMILES string of the molecule is CCn1c(C(=O)O)cc2sc(C)cc21. The zero-order chi connectivity index (χ0) is 10.3. The molecule has 0 aliphatic carbocycles. The molecule has 2 heterocycles. The highest BCUT2D eigenvalue weighted by Crippen LogP contribution is 2.28. The molecule has 0 radical (unpaired) electrons. The fourth-order valence-corrected chi connectivity index (χ4v) is 2.64. The first-order valence-corrected chi connectivity index (χ1v) is 5.28. The lowest BCUT2D eigenvalue weighted by molar-refractivity contribution is 0.0686. The maximum Gasteiger partial charge on any atom is 0.352 e. The maximum absolute atomic E-state index is 10.9. The molecule has 0 spiro atoms. The molecule has 0 bridgehead atoms. The van der Waals surface area contributed by atoms with Crippen molar-refractivity contribution in [3.05, 3.63) is 22.7 Å². The molecule has 0 aliphatic rings. The molecule has 0 atom stereocenters. The summed E-state index contributed by atoms with van der Waals surface area (Å²) in [5.74, 6) is -0.854. The molecule has 0 fully saturated rings. The van der Waals surface area contributed by atoms with Crippen LogP contribution in [0.2, 0.25) is 0 Å². The number of carboxylic acids is 1. The summed E-state index contributed by atoms with van der Waals surface area (Å²) in [5.41, 5.74) is 1.42. The van der Waals surface area contributed by atoms with Gasteiger partial charge in [0, 0.05) is 11.4 Å². The number of aromatic nitrogens is 1. The maximum atomic E-state index is 10.9. The molecule has 2 rings (SSSR count). The summed E-state index contributed by atoms with van der Waals surface area (Å²) < 4.78 is 2.89. The Labute approximate surface area is 85.6 Å².